The van der Waals surface area contributed by atoms with Crippen LogP contribution in [0.15, 0.2) is 6.07 Å². The van der Waals surface area contributed by atoms with Gasteiger partial charge >= 0.3 is 0 Å². The van der Waals surface area contributed by atoms with E-state index in [1.54, 1.807) is 0 Å². The van der Waals surface area contributed by atoms with E-state index in [1.165, 1.54) is 14.0 Å². The van der Waals surface area contributed by atoms with Crippen LogP contribution in [-0.2, 0) is 4.79 Å². The molecule has 0 aliphatic heterocycles. The first kappa shape index (κ1) is 12.2. The highest BCUT2D eigenvalue weighted by Crippen LogP contribution is 2.33. The van der Waals surface area contributed by atoms with Gasteiger partial charge in [0.15, 0.2) is 12.0 Å². The minimum atomic E-state index is -0.192. The summed E-state index contributed by atoms with van der Waals surface area (Å²) in [5.41, 5.74) is 2.73. The molecule has 0 atom stereocenters. The molecule has 0 bridgehead atoms. The van der Waals surface area contributed by atoms with Gasteiger partial charge in [-0.15, -0.1) is 0 Å². The normalized spacial score (nSPS) is 9.75. The smallest absolute Gasteiger partial charge is 0.221 e. The number of aldehydes is 1. The van der Waals surface area contributed by atoms with Gasteiger partial charge in [-0.25, -0.2) is 0 Å². The van der Waals surface area contributed by atoms with Crippen LogP contribution in [0.2, 0.25) is 0 Å². The predicted molar refractivity (Wildman–Crippen MR) is 62.2 cm³/mol. The van der Waals surface area contributed by atoms with E-state index in [-0.39, 0.29) is 5.91 Å². The average Bonchev–Trinajstić information content (AvgIpc) is 2.20. The molecule has 0 radical (unpaired) electrons. The Morgan fingerprint density at radius 1 is 1.38 bits per heavy atom. The fourth-order valence-corrected chi connectivity index (χ4v) is 1.66. The SMILES string of the molecule is COc1c(C=O)c(C)cc(C)c1NC(C)=O. The highest BCUT2D eigenvalue weighted by atomic mass is 16.5. The molecule has 0 aliphatic carbocycles. The first-order chi connectivity index (χ1) is 7.51. The van der Waals surface area contributed by atoms with E-state index in [9.17, 15) is 9.59 Å². The monoisotopic (exact) mass is 221 g/mol. The molecule has 1 aromatic carbocycles. The van der Waals surface area contributed by atoms with Gasteiger partial charge in [0.2, 0.25) is 5.91 Å². The van der Waals surface area contributed by atoms with Crippen LogP contribution in [0.25, 0.3) is 0 Å². The molecule has 1 aromatic rings. The van der Waals surface area contributed by atoms with Crippen LogP contribution in [0.1, 0.15) is 28.4 Å². The number of benzene rings is 1. The van der Waals surface area contributed by atoms with E-state index in [4.69, 9.17) is 4.74 Å². The summed E-state index contributed by atoms with van der Waals surface area (Å²) >= 11 is 0. The van der Waals surface area contributed by atoms with Gasteiger partial charge in [-0.05, 0) is 25.0 Å². The number of anilines is 1. The molecule has 1 amide bonds. The number of methoxy groups -OCH3 is 1. The number of aryl methyl sites for hydroxylation is 2. The molecule has 0 saturated carbocycles. The van der Waals surface area contributed by atoms with E-state index < -0.39 is 0 Å². The number of rotatable bonds is 3. The summed E-state index contributed by atoms with van der Waals surface area (Å²) in [6.45, 7) is 5.10. The Hall–Kier alpha value is -1.84. The molecule has 1 N–H and O–H groups in total. The number of carbonyl (C=O) groups is 2. The maximum Gasteiger partial charge on any atom is 0.221 e. The Labute approximate surface area is 94.6 Å². The van der Waals surface area contributed by atoms with Crippen LogP contribution < -0.4 is 10.1 Å². The molecule has 4 nitrogen and oxygen atoms in total. The lowest BCUT2D eigenvalue weighted by molar-refractivity contribution is -0.114. The van der Waals surface area contributed by atoms with Gasteiger partial charge in [-0.3, -0.25) is 9.59 Å². The second kappa shape index (κ2) is 4.79. The molecule has 0 spiro atoms. The van der Waals surface area contributed by atoms with Crippen LogP contribution in [0, 0.1) is 13.8 Å². The van der Waals surface area contributed by atoms with Crippen LogP contribution in [0.5, 0.6) is 5.75 Å². The second-order valence-electron chi connectivity index (χ2n) is 3.63. The Morgan fingerprint density at radius 2 is 2.00 bits per heavy atom. The summed E-state index contributed by atoms with van der Waals surface area (Å²) in [6, 6.07) is 1.84. The molecule has 0 unspecified atom stereocenters. The van der Waals surface area contributed by atoms with Crippen molar-refractivity contribution in [2.24, 2.45) is 0 Å². The largest absolute Gasteiger partial charge is 0.494 e. The number of nitrogens with one attached hydrogen (secondary N) is 1. The first-order valence-corrected chi connectivity index (χ1v) is 4.92. The molecule has 0 aliphatic rings. The van der Waals surface area contributed by atoms with Crippen molar-refractivity contribution in [2.75, 3.05) is 12.4 Å². The molecule has 86 valence electrons. The van der Waals surface area contributed by atoms with Crippen molar-refractivity contribution in [3.8, 4) is 5.75 Å². The maximum absolute atomic E-state index is 11.1. The number of hydrogen-bond acceptors (Lipinski definition) is 3. The third kappa shape index (κ3) is 2.21. The predicted octanol–water partition coefficient (Wildman–Crippen LogP) is 2.08. The van der Waals surface area contributed by atoms with E-state index in [0.29, 0.717) is 17.0 Å². The zero-order chi connectivity index (χ0) is 12.3. The summed E-state index contributed by atoms with van der Waals surface area (Å²) in [6.07, 6.45) is 0.735. The molecular weight excluding hydrogens is 206 g/mol. The highest BCUT2D eigenvalue weighted by molar-refractivity contribution is 5.95. The molecule has 0 heterocycles. The Bertz CT molecular complexity index is 438. The molecule has 0 fully saturated rings. The van der Waals surface area contributed by atoms with E-state index >= 15 is 0 Å². The minimum absolute atomic E-state index is 0.192. The molecule has 16 heavy (non-hydrogen) atoms. The molecule has 0 saturated heterocycles. The van der Waals surface area contributed by atoms with Crippen LogP contribution in [0.4, 0.5) is 5.69 Å². The summed E-state index contributed by atoms with van der Waals surface area (Å²) in [5, 5.41) is 2.67. The molecule has 4 heteroatoms. The lowest BCUT2D eigenvalue weighted by atomic mass is 10.0. The second-order valence-corrected chi connectivity index (χ2v) is 3.63. The van der Waals surface area contributed by atoms with Gasteiger partial charge < -0.3 is 10.1 Å². The average molecular weight is 221 g/mol. The van der Waals surface area contributed by atoms with Gasteiger partial charge in [0.05, 0.1) is 18.4 Å². The first-order valence-electron chi connectivity index (χ1n) is 4.92. The van der Waals surface area contributed by atoms with E-state index in [2.05, 4.69) is 5.32 Å². The zero-order valence-electron chi connectivity index (χ0n) is 9.88. The van der Waals surface area contributed by atoms with E-state index in [0.717, 1.165) is 17.4 Å². The quantitative estimate of drug-likeness (QED) is 0.795. The van der Waals surface area contributed by atoms with Crippen molar-refractivity contribution >= 4 is 17.9 Å². The third-order valence-electron chi connectivity index (χ3n) is 2.35. The Morgan fingerprint density at radius 3 is 2.44 bits per heavy atom. The molecule has 1 rings (SSSR count). The summed E-state index contributed by atoms with van der Waals surface area (Å²) in [4.78, 5) is 22.0. The lowest BCUT2D eigenvalue weighted by Gasteiger charge is -2.15. The number of ether oxygens (including phenoxy) is 1. The number of carbonyl (C=O) groups excluding carboxylic acids is 2. The van der Waals surface area contributed by atoms with Crippen molar-refractivity contribution in [3.05, 3.63) is 22.8 Å². The molecule has 0 aromatic heterocycles. The highest BCUT2D eigenvalue weighted by Gasteiger charge is 2.15. The minimum Gasteiger partial charge on any atom is -0.494 e. The fraction of sp³-hybridized carbons (Fsp3) is 0.333. The van der Waals surface area contributed by atoms with Crippen molar-refractivity contribution in [1.29, 1.82) is 0 Å². The topological polar surface area (TPSA) is 55.4 Å². The lowest BCUT2D eigenvalue weighted by Crippen LogP contribution is -2.10. The van der Waals surface area contributed by atoms with Gasteiger partial charge in [0.25, 0.3) is 0 Å². The summed E-state index contributed by atoms with van der Waals surface area (Å²) < 4.78 is 5.18. The van der Waals surface area contributed by atoms with Gasteiger partial charge in [-0.2, -0.15) is 0 Å². The zero-order valence-corrected chi connectivity index (χ0v) is 9.88. The van der Waals surface area contributed by atoms with Gasteiger partial charge in [0, 0.05) is 6.92 Å². The standard InChI is InChI=1S/C12H15NO3/c1-7-5-8(2)11(13-9(3)15)12(16-4)10(7)6-14/h5-6H,1-4H3,(H,13,15). The van der Waals surface area contributed by atoms with Crippen LogP contribution in [-0.4, -0.2) is 19.3 Å². The maximum atomic E-state index is 11.1. The fourth-order valence-electron chi connectivity index (χ4n) is 1.66. The van der Waals surface area contributed by atoms with Crippen molar-refractivity contribution in [1.82, 2.24) is 0 Å². The Balaban J connectivity index is 3.45. The number of hydrogen-bond donors (Lipinski definition) is 1. The van der Waals surface area contributed by atoms with E-state index in [1.807, 2.05) is 19.9 Å². The van der Waals surface area contributed by atoms with Gasteiger partial charge in [0.1, 0.15) is 0 Å². The van der Waals surface area contributed by atoms with Crippen LogP contribution >= 0.6 is 0 Å². The number of amides is 1. The van der Waals surface area contributed by atoms with Crippen molar-refractivity contribution in [2.45, 2.75) is 20.8 Å². The summed E-state index contributed by atoms with van der Waals surface area (Å²) in [7, 11) is 1.48. The molecular formula is C12H15NO3. The van der Waals surface area contributed by atoms with Gasteiger partial charge in [-0.1, -0.05) is 6.07 Å². The van der Waals surface area contributed by atoms with Crippen molar-refractivity contribution in [3.63, 3.8) is 0 Å². The summed E-state index contributed by atoms with van der Waals surface area (Å²) in [5.74, 6) is 0.227. The van der Waals surface area contributed by atoms with Crippen LogP contribution in [0.3, 0.4) is 0 Å². The third-order valence-corrected chi connectivity index (χ3v) is 2.35. The Kier molecular flexibility index (Phi) is 3.66. The van der Waals surface area contributed by atoms with Crippen molar-refractivity contribution < 1.29 is 14.3 Å².